The van der Waals surface area contributed by atoms with Crippen molar-refractivity contribution in [2.75, 3.05) is 19.6 Å². The third-order valence-corrected chi connectivity index (χ3v) is 2.98. The van der Waals surface area contributed by atoms with Gasteiger partial charge in [-0.05, 0) is 40.5 Å². The van der Waals surface area contributed by atoms with Gasteiger partial charge in [0.2, 0.25) is 0 Å². The molecular formula is C15H32N2O2. The molecule has 114 valence electrons. The average molecular weight is 272 g/mol. The lowest BCUT2D eigenvalue weighted by molar-refractivity contribution is 0.0260. The lowest BCUT2D eigenvalue weighted by atomic mass is 10.1. The molecule has 0 fully saturated rings. The summed E-state index contributed by atoms with van der Waals surface area (Å²) in [5, 5.41) is 3.50. The van der Waals surface area contributed by atoms with E-state index in [4.69, 9.17) is 4.74 Å². The van der Waals surface area contributed by atoms with Crippen LogP contribution in [0.3, 0.4) is 0 Å². The van der Waals surface area contributed by atoms with Crippen molar-refractivity contribution in [1.82, 2.24) is 10.2 Å². The van der Waals surface area contributed by atoms with Gasteiger partial charge in [-0.15, -0.1) is 0 Å². The van der Waals surface area contributed by atoms with Gasteiger partial charge >= 0.3 is 6.09 Å². The van der Waals surface area contributed by atoms with Crippen LogP contribution in [0.4, 0.5) is 4.79 Å². The highest BCUT2D eigenvalue weighted by atomic mass is 16.6. The largest absolute Gasteiger partial charge is 0.444 e. The Kier molecular flexibility index (Phi) is 8.81. The van der Waals surface area contributed by atoms with Gasteiger partial charge in [-0.1, -0.05) is 20.3 Å². The van der Waals surface area contributed by atoms with Crippen molar-refractivity contribution in [3.63, 3.8) is 0 Å². The van der Waals surface area contributed by atoms with E-state index in [1.807, 2.05) is 27.7 Å². The van der Waals surface area contributed by atoms with Crippen LogP contribution in [0.25, 0.3) is 0 Å². The molecule has 0 aromatic carbocycles. The molecular weight excluding hydrogens is 240 g/mol. The fraction of sp³-hybridized carbons (Fsp3) is 0.933. The van der Waals surface area contributed by atoms with Gasteiger partial charge < -0.3 is 15.0 Å². The van der Waals surface area contributed by atoms with Crippen molar-refractivity contribution in [1.29, 1.82) is 0 Å². The predicted molar refractivity (Wildman–Crippen MR) is 80.5 cm³/mol. The normalized spacial score (nSPS) is 13.2. The lowest BCUT2D eigenvalue weighted by Gasteiger charge is -2.27. The zero-order chi connectivity index (χ0) is 14.9. The summed E-state index contributed by atoms with van der Waals surface area (Å²) in [6, 6.07) is 0.558. The predicted octanol–water partition coefficient (Wildman–Crippen LogP) is 3.41. The first-order chi connectivity index (χ1) is 8.84. The molecule has 4 heteroatoms. The highest BCUT2D eigenvalue weighted by Crippen LogP contribution is 2.09. The monoisotopic (exact) mass is 272 g/mol. The summed E-state index contributed by atoms with van der Waals surface area (Å²) < 4.78 is 5.38. The van der Waals surface area contributed by atoms with E-state index in [1.165, 1.54) is 12.8 Å². The second-order valence-electron chi connectivity index (χ2n) is 5.91. The summed E-state index contributed by atoms with van der Waals surface area (Å²) in [5.41, 5.74) is -0.425. The zero-order valence-corrected chi connectivity index (χ0v) is 13.6. The molecule has 0 saturated carbocycles. The Morgan fingerprint density at radius 2 is 1.89 bits per heavy atom. The first kappa shape index (κ1) is 18.2. The molecule has 0 aliphatic heterocycles. The van der Waals surface area contributed by atoms with Crippen LogP contribution < -0.4 is 5.32 Å². The number of nitrogens with zero attached hydrogens (tertiary/aromatic N) is 1. The minimum absolute atomic E-state index is 0.222. The fourth-order valence-electron chi connectivity index (χ4n) is 1.91. The van der Waals surface area contributed by atoms with Crippen molar-refractivity contribution >= 4 is 6.09 Å². The molecule has 0 rings (SSSR count). The molecule has 0 radical (unpaired) electrons. The number of hydrogen-bond donors (Lipinski definition) is 1. The lowest BCUT2D eigenvalue weighted by Crippen LogP contribution is -2.42. The van der Waals surface area contributed by atoms with Crippen LogP contribution in [0.2, 0.25) is 0 Å². The first-order valence-electron chi connectivity index (χ1n) is 7.55. The Morgan fingerprint density at radius 3 is 2.32 bits per heavy atom. The van der Waals surface area contributed by atoms with E-state index in [1.54, 1.807) is 4.90 Å². The molecule has 1 atom stereocenters. The number of carbonyl (C=O) groups excluding carboxylic acids is 1. The van der Waals surface area contributed by atoms with E-state index in [-0.39, 0.29) is 6.09 Å². The van der Waals surface area contributed by atoms with Crippen molar-refractivity contribution in [2.45, 2.75) is 72.4 Å². The van der Waals surface area contributed by atoms with Gasteiger partial charge in [-0.25, -0.2) is 4.79 Å². The van der Waals surface area contributed by atoms with E-state index >= 15 is 0 Å². The molecule has 1 unspecified atom stereocenters. The molecule has 19 heavy (non-hydrogen) atoms. The van der Waals surface area contributed by atoms with E-state index in [9.17, 15) is 4.79 Å². The average Bonchev–Trinajstić information content (AvgIpc) is 2.30. The highest BCUT2D eigenvalue weighted by molar-refractivity contribution is 5.68. The second-order valence-corrected chi connectivity index (χ2v) is 5.91. The van der Waals surface area contributed by atoms with Gasteiger partial charge in [0.1, 0.15) is 5.60 Å². The summed E-state index contributed by atoms with van der Waals surface area (Å²) in [6.07, 6.45) is 3.29. The summed E-state index contributed by atoms with van der Waals surface area (Å²) in [5.74, 6) is 0. The molecule has 0 heterocycles. The van der Waals surface area contributed by atoms with Crippen molar-refractivity contribution in [3.8, 4) is 0 Å². The number of nitrogens with one attached hydrogen (secondary N) is 1. The summed E-state index contributed by atoms with van der Waals surface area (Å²) in [6.45, 7) is 14.3. The smallest absolute Gasteiger partial charge is 0.410 e. The SMILES string of the molecule is CCCC(CC)NCCN(CC)C(=O)OC(C)(C)C. The third-order valence-electron chi connectivity index (χ3n) is 2.98. The van der Waals surface area contributed by atoms with Gasteiger partial charge in [0.05, 0.1) is 0 Å². The molecule has 1 amide bonds. The maximum atomic E-state index is 11.9. The van der Waals surface area contributed by atoms with Crippen LogP contribution in [0, 0.1) is 0 Å². The van der Waals surface area contributed by atoms with Crippen LogP contribution in [-0.2, 0) is 4.74 Å². The van der Waals surface area contributed by atoms with E-state index in [0.29, 0.717) is 19.1 Å². The van der Waals surface area contributed by atoms with Crippen LogP contribution in [-0.4, -0.2) is 42.3 Å². The van der Waals surface area contributed by atoms with Gasteiger partial charge in [0.15, 0.2) is 0 Å². The van der Waals surface area contributed by atoms with Crippen LogP contribution in [0.15, 0.2) is 0 Å². The number of carbonyl (C=O) groups is 1. The third kappa shape index (κ3) is 8.87. The number of rotatable bonds is 8. The topological polar surface area (TPSA) is 41.6 Å². The Morgan fingerprint density at radius 1 is 1.26 bits per heavy atom. The Labute approximate surface area is 118 Å². The van der Waals surface area contributed by atoms with Gasteiger partial charge in [-0.2, -0.15) is 0 Å². The van der Waals surface area contributed by atoms with Gasteiger partial charge in [0, 0.05) is 25.7 Å². The molecule has 0 spiro atoms. The molecule has 0 aromatic rings. The zero-order valence-electron chi connectivity index (χ0n) is 13.6. The molecule has 4 nitrogen and oxygen atoms in total. The first-order valence-corrected chi connectivity index (χ1v) is 7.55. The highest BCUT2D eigenvalue weighted by Gasteiger charge is 2.20. The Balaban J connectivity index is 4.09. The molecule has 0 bridgehead atoms. The van der Waals surface area contributed by atoms with Crippen LogP contribution in [0.1, 0.15) is 60.8 Å². The quantitative estimate of drug-likeness (QED) is 0.736. The standard InChI is InChI=1S/C15H32N2O2/c1-7-10-13(8-2)16-11-12-17(9-3)14(18)19-15(4,5)6/h13,16H,7-12H2,1-6H3. The number of ether oxygens (including phenoxy) is 1. The Hall–Kier alpha value is -0.770. The summed E-state index contributed by atoms with van der Waals surface area (Å²) in [7, 11) is 0. The molecule has 0 saturated heterocycles. The molecule has 0 aromatic heterocycles. The van der Waals surface area contributed by atoms with Crippen molar-refractivity contribution in [3.05, 3.63) is 0 Å². The summed E-state index contributed by atoms with van der Waals surface area (Å²) in [4.78, 5) is 13.7. The minimum atomic E-state index is -0.425. The van der Waals surface area contributed by atoms with E-state index < -0.39 is 5.60 Å². The fourth-order valence-corrected chi connectivity index (χ4v) is 1.91. The number of hydrogen-bond acceptors (Lipinski definition) is 3. The van der Waals surface area contributed by atoms with Crippen molar-refractivity contribution < 1.29 is 9.53 Å². The van der Waals surface area contributed by atoms with Crippen LogP contribution >= 0.6 is 0 Å². The minimum Gasteiger partial charge on any atom is -0.444 e. The van der Waals surface area contributed by atoms with Gasteiger partial charge in [-0.3, -0.25) is 0 Å². The van der Waals surface area contributed by atoms with E-state index in [2.05, 4.69) is 19.2 Å². The second kappa shape index (κ2) is 9.18. The molecule has 0 aliphatic carbocycles. The maximum absolute atomic E-state index is 11.9. The molecule has 0 aliphatic rings. The number of likely N-dealkylation sites (N-methyl/N-ethyl adjacent to an activating group) is 1. The van der Waals surface area contributed by atoms with E-state index in [0.717, 1.165) is 13.0 Å². The van der Waals surface area contributed by atoms with Gasteiger partial charge in [0.25, 0.3) is 0 Å². The Bertz CT molecular complexity index is 249. The number of amides is 1. The van der Waals surface area contributed by atoms with Crippen molar-refractivity contribution in [2.24, 2.45) is 0 Å². The van der Waals surface area contributed by atoms with Crippen LogP contribution in [0.5, 0.6) is 0 Å². The maximum Gasteiger partial charge on any atom is 0.410 e. The summed E-state index contributed by atoms with van der Waals surface area (Å²) >= 11 is 0. The molecule has 1 N–H and O–H groups in total.